The summed E-state index contributed by atoms with van der Waals surface area (Å²) in [5.41, 5.74) is 1.23. The maximum atomic E-state index is 13.1. The highest BCUT2D eigenvalue weighted by Crippen LogP contribution is 2.32. The van der Waals surface area contributed by atoms with Gasteiger partial charge in [0.25, 0.3) is 0 Å². The molecule has 1 aromatic carbocycles. The summed E-state index contributed by atoms with van der Waals surface area (Å²) in [5, 5.41) is 10.1. The van der Waals surface area contributed by atoms with Gasteiger partial charge in [0.1, 0.15) is 5.01 Å². The fourth-order valence-electron chi connectivity index (χ4n) is 1.55. The van der Waals surface area contributed by atoms with Crippen molar-refractivity contribution in [1.29, 1.82) is 0 Å². The van der Waals surface area contributed by atoms with Crippen molar-refractivity contribution < 1.29 is 13.9 Å². The van der Waals surface area contributed by atoms with Gasteiger partial charge in [-0.05, 0) is 32.0 Å². The van der Waals surface area contributed by atoms with Gasteiger partial charge in [-0.15, -0.1) is 11.3 Å². The number of benzene rings is 1. The van der Waals surface area contributed by atoms with Gasteiger partial charge in [-0.1, -0.05) is 0 Å². The SMILES string of the molecule is Cc1nc(-c2ccc(F)c(F)c2)sc1C(C)O. The summed E-state index contributed by atoms with van der Waals surface area (Å²) >= 11 is 1.29. The van der Waals surface area contributed by atoms with Crippen LogP contribution in [-0.2, 0) is 0 Å². The minimum Gasteiger partial charge on any atom is -0.388 e. The van der Waals surface area contributed by atoms with E-state index in [1.807, 2.05) is 0 Å². The van der Waals surface area contributed by atoms with Gasteiger partial charge >= 0.3 is 0 Å². The van der Waals surface area contributed by atoms with Crippen LogP contribution in [0.4, 0.5) is 8.78 Å². The number of hydrogen-bond donors (Lipinski definition) is 1. The predicted molar refractivity (Wildman–Crippen MR) is 62.8 cm³/mol. The molecule has 0 aliphatic rings. The molecule has 0 saturated heterocycles. The number of nitrogens with zero attached hydrogens (tertiary/aromatic N) is 1. The number of thiazole rings is 1. The van der Waals surface area contributed by atoms with Crippen molar-refractivity contribution in [3.63, 3.8) is 0 Å². The zero-order valence-electron chi connectivity index (χ0n) is 9.37. The lowest BCUT2D eigenvalue weighted by atomic mass is 10.2. The average Bonchev–Trinajstić information content (AvgIpc) is 2.64. The molecular formula is C12H11F2NOS. The first-order valence-corrected chi connectivity index (χ1v) is 5.91. The molecule has 5 heteroatoms. The minimum absolute atomic E-state index is 0.518. The number of halogens is 2. The standard InChI is InChI=1S/C12H11F2NOS/c1-6-11(7(2)16)17-12(15-6)8-3-4-9(13)10(14)5-8/h3-5,7,16H,1-2H3. The minimum atomic E-state index is -0.894. The van der Waals surface area contributed by atoms with E-state index in [9.17, 15) is 13.9 Å². The molecular weight excluding hydrogens is 244 g/mol. The van der Waals surface area contributed by atoms with Crippen LogP contribution in [-0.4, -0.2) is 10.1 Å². The van der Waals surface area contributed by atoms with Crippen LogP contribution >= 0.6 is 11.3 Å². The summed E-state index contributed by atoms with van der Waals surface area (Å²) in [6.07, 6.45) is -0.605. The molecule has 2 aromatic rings. The third-order valence-electron chi connectivity index (χ3n) is 2.38. The monoisotopic (exact) mass is 255 g/mol. The first kappa shape index (κ1) is 12.1. The molecule has 0 bridgehead atoms. The maximum Gasteiger partial charge on any atom is 0.159 e. The summed E-state index contributed by atoms with van der Waals surface area (Å²) in [5.74, 6) is -1.77. The first-order chi connectivity index (χ1) is 7.99. The number of aliphatic hydroxyl groups excluding tert-OH is 1. The molecule has 2 rings (SSSR count). The molecule has 0 aliphatic carbocycles. The molecule has 90 valence electrons. The van der Waals surface area contributed by atoms with Crippen molar-refractivity contribution in [1.82, 2.24) is 4.98 Å². The molecule has 17 heavy (non-hydrogen) atoms. The summed E-state index contributed by atoms with van der Waals surface area (Å²) in [6.45, 7) is 3.43. The Morgan fingerprint density at radius 2 is 2.00 bits per heavy atom. The second-order valence-corrected chi connectivity index (χ2v) is 4.80. The summed E-state index contributed by atoms with van der Waals surface area (Å²) in [7, 11) is 0. The Hall–Kier alpha value is -1.33. The lowest BCUT2D eigenvalue weighted by Gasteiger charge is -1.99. The molecule has 0 amide bonds. The summed E-state index contributed by atoms with van der Waals surface area (Å²) < 4.78 is 25.9. The van der Waals surface area contributed by atoms with Crippen LogP contribution in [0.15, 0.2) is 18.2 Å². The Morgan fingerprint density at radius 1 is 1.29 bits per heavy atom. The van der Waals surface area contributed by atoms with E-state index in [4.69, 9.17) is 0 Å². The second kappa shape index (κ2) is 4.50. The van der Waals surface area contributed by atoms with Crippen molar-refractivity contribution in [3.8, 4) is 10.6 Å². The van der Waals surface area contributed by atoms with E-state index in [0.717, 1.165) is 17.0 Å². The highest BCUT2D eigenvalue weighted by atomic mass is 32.1. The van der Waals surface area contributed by atoms with Gasteiger partial charge in [0.2, 0.25) is 0 Å². The number of hydrogen-bond acceptors (Lipinski definition) is 3. The number of aryl methyl sites for hydroxylation is 1. The van der Waals surface area contributed by atoms with E-state index in [2.05, 4.69) is 4.98 Å². The Bertz CT molecular complexity index is 551. The van der Waals surface area contributed by atoms with E-state index in [1.165, 1.54) is 17.4 Å². The van der Waals surface area contributed by atoms with Gasteiger partial charge in [-0.25, -0.2) is 13.8 Å². The van der Waals surface area contributed by atoms with E-state index in [0.29, 0.717) is 16.3 Å². The van der Waals surface area contributed by atoms with Crippen molar-refractivity contribution in [2.45, 2.75) is 20.0 Å². The van der Waals surface area contributed by atoms with E-state index >= 15 is 0 Å². The van der Waals surface area contributed by atoms with Crippen LogP contribution in [0.25, 0.3) is 10.6 Å². The Labute approximate surface area is 102 Å². The highest BCUT2D eigenvalue weighted by Gasteiger charge is 2.14. The molecule has 0 spiro atoms. The largest absolute Gasteiger partial charge is 0.388 e. The topological polar surface area (TPSA) is 33.1 Å². The van der Waals surface area contributed by atoms with Gasteiger partial charge in [-0.3, -0.25) is 0 Å². The predicted octanol–water partition coefficient (Wildman–Crippen LogP) is 3.45. The van der Waals surface area contributed by atoms with Crippen molar-refractivity contribution in [3.05, 3.63) is 40.4 Å². The van der Waals surface area contributed by atoms with Gasteiger partial charge in [0, 0.05) is 5.56 Å². The number of aliphatic hydroxyl groups is 1. The average molecular weight is 255 g/mol. The molecule has 0 saturated carbocycles. The van der Waals surface area contributed by atoms with Crippen molar-refractivity contribution >= 4 is 11.3 Å². The Balaban J connectivity index is 2.46. The number of aromatic nitrogens is 1. The van der Waals surface area contributed by atoms with Crippen LogP contribution in [0.5, 0.6) is 0 Å². The highest BCUT2D eigenvalue weighted by molar-refractivity contribution is 7.15. The van der Waals surface area contributed by atoms with Crippen LogP contribution in [0.1, 0.15) is 23.6 Å². The molecule has 1 unspecified atom stereocenters. The van der Waals surface area contributed by atoms with Crippen LogP contribution in [0, 0.1) is 18.6 Å². The molecule has 1 heterocycles. The van der Waals surface area contributed by atoms with E-state index in [1.54, 1.807) is 13.8 Å². The normalized spacial score (nSPS) is 12.8. The smallest absolute Gasteiger partial charge is 0.159 e. The molecule has 1 aromatic heterocycles. The Kier molecular flexibility index (Phi) is 3.22. The molecule has 1 N–H and O–H groups in total. The molecule has 1 atom stereocenters. The van der Waals surface area contributed by atoms with Crippen molar-refractivity contribution in [2.24, 2.45) is 0 Å². The van der Waals surface area contributed by atoms with Crippen LogP contribution < -0.4 is 0 Å². The van der Waals surface area contributed by atoms with E-state index < -0.39 is 17.7 Å². The van der Waals surface area contributed by atoms with Crippen LogP contribution in [0.2, 0.25) is 0 Å². The van der Waals surface area contributed by atoms with E-state index in [-0.39, 0.29) is 0 Å². The molecule has 0 radical (unpaired) electrons. The third kappa shape index (κ3) is 2.35. The zero-order valence-corrected chi connectivity index (χ0v) is 10.2. The second-order valence-electron chi connectivity index (χ2n) is 3.77. The molecule has 2 nitrogen and oxygen atoms in total. The van der Waals surface area contributed by atoms with Crippen molar-refractivity contribution in [2.75, 3.05) is 0 Å². The Morgan fingerprint density at radius 3 is 2.53 bits per heavy atom. The molecule has 0 aliphatic heterocycles. The van der Waals surface area contributed by atoms with Gasteiger partial charge in [0.15, 0.2) is 11.6 Å². The van der Waals surface area contributed by atoms with Crippen LogP contribution in [0.3, 0.4) is 0 Å². The van der Waals surface area contributed by atoms with Gasteiger partial charge in [0.05, 0.1) is 16.7 Å². The van der Waals surface area contributed by atoms with Gasteiger partial charge in [-0.2, -0.15) is 0 Å². The summed E-state index contributed by atoms with van der Waals surface area (Å²) in [6, 6.07) is 3.66. The van der Waals surface area contributed by atoms with Gasteiger partial charge < -0.3 is 5.11 Å². The lowest BCUT2D eigenvalue weighted by molar-refractivity contribution is 0.202. The first-order valence-electron chi connectivity index (χ1n) is 5.10. The number of rotatable bonds is 2. The lowest BCUT2D eigenvalue weighted by Crippen LogP contribution is -1.88. The summed E-state index contributed by atoms with van der Waals surface area (Å²) in [4.78, 5) is 4.98. The fourth-order valence-corrected chi connectivity index (χ4v) is 2.55. The molecule has 0 fully saturated rings. The quantitative estimate of drug-likeness (QED) is 0.891. The third-order valence-corrected chi connectivity index (χ3v) is 3.76. The zero-order chi connectivity index (χ0) is 12.6. The maximum absolute atomic E-state index is 13.1. The fraction of sp³-hybridized carbons (Fsp3) is 0.250.